The Hall–Kier alpha value is -2.60. The zero-order valence-electron chi connectivity index (χ0n) is 14.9. The molecule has 1 N–H and O–H groups in total. The summed E-state index contributed by atoms with van der Waals surface area (Å²) in [6.45, 7) is 1.97. The van der Waals surface area contributed by atoms with Crippen LogP contribution in [0.4, 0.5) is 16.0 Å². The van der Waals surface area contributed by atoms with Gasteiger partial charge in [-0.2, -0.15) is 11.8 Å². The molecule has 134 valence electrons. The second kappa shape index (κ2) is 8.19. The smallest absolute Gasteiger partial charge is 0.149 e. The van der Waals surface area contributed by atoms with Gasteiger partial charge in [0.2, 0.25) is 0 Å². The van der Waals surface area contributed by atoms with E-state index in [0.29, 0.717) is 28.5 Å². The van der Waals surface area contributed by atoms with Gasteiger partial charge in [0, 0.05) is 23.1 Å². The summed E-state index contributed by atoms with van der Waals surface area (Å²) in [5.74, 6) is 2.33. The molecule has 3 aromatic rings. The highest BCUT2D eigenvalue weighted by Gasteiger charge is 2.13. The van der Waals surface area contributed by atoms with Gasteiger partial charge in [0.15, 0.2) is 0 Å². The van der Waals surface area contributed by atoms with Crippen molar-refractivity contribution in [3.63, 3.8) is 0 Å². The molecule has 0 amide bonds. The van der Waals surface area contributed by atoms with Gasteiger partial charge in [-0.1, -0.05) is 12.1 Å². The van der Waals surface area contributed by atoms with Crippen molar-refractivity contribution in [3.05, 3.63) is 65.7 Å². The lowest BCUT2D eigenvalue weighted by Crippen LogP contribution is -1.99. The fraction of sp³-hybridized carbons (Fsp3) is 0.200. The van der Waals surface area contributed by atoms with E-state index in [9.17, 15) is 4.39 Å². The number of hydrogen-bond donors (Lipinski definition) is 1. The van der Waals surface area contributed by atoms with E-state index < -0.39 is 5.82 Å². The van der Waals surface area contributed by atoms with E-state index in [-0.39, 0.29) is 0 Å². The van der Waals surface area contributed by atoms with Crippen molar-refractivity contribution in [2.75, 3.05) is 18.7 Å². The van der Waals surface area contributed by atoms with Crippen LogP contribution >= 0.6 is 11.8 Å². The number of nitrogens with zero attached hydrogens (tertiary/aromatic N) is 2. The first-order valence-corrected chi connectivity index (χ1v) is 9.51. The Bertz CT molecular complexity index is 917. The number of nitrogens with one attached hydrogen (secondary N) is 1. The van der Waals surface area contributed by atoms with Crippen molar-refractivity contribution in [1.29, 1.82) is 0 Å². The van der Waals surface area contributed by atoms with Gasteiger partial charge in [0.1, 0.15) is 23.2 Å². The van der Waals surface area contributed by atoms with Crippen molar-refractivity contribution in [1.82, 2.24) is 9.97 Å². The molecular weight excluding hydrogens is 349 g/mol. The molecule has 0 aliphatic heterocycles. The number of pyridine rings is 2. The molecule has 2 heterocycles. The Kier molecular flexibility index (Phi) is 5.73. The lowest BCUT2D eigenvalue weighted by molar-refractivity contribution is 0.416. The summed E-state index contributed by atoms with van der Waals surface area (Å²) in [5, 5.41) is 3.15. The van der Waals surface area contributed by atoms with Gasteiger partial charge in [-0.3, -0.25) is 0 Å². The average Bonchev–Trinajstić information content (AvgIpc) is 2.64. The molecule has 1 aromatic carbocycles. The normalized spacial score (nSPS) is 10.6. The van der Waals surface area contributed by atoms with Crippen LogP contribution in [0, 0.1) is 12.7 Å². The summed E-state index contributed by atoms with van der Waals surface area (Å²) >= 11 is 1.74. The van der Waals surface area contributed by atoms with Crippen LogP contribution in [-0.2, 0) is 5.75 Å². The summed E-state index contributed by atoms with van der Waals surface area (Å²) in [4.78, 5) is 8.44. The number of anilines is 2. The maximum atomic E-state index is 14.4. The van der Waals surface area contributed by atoms with E-state index in [1.165, 1.54) is 6.20 Å². The first-order valence-electron chi connectivity index (χ1n) is 8.12. The first-order chi connectivity index (χ1) is 12.6. The van der Waals surface area contributed by atoms with Crippen LogP contribution in [0.2, 0.25) is 0 Å². The van der Waals surface area contributed by atoms with Crippen molar-refractivity contribution >= 4 is 23.4 Å². The Morgan fingerprint density at radius 1 is 1.08 bits per heavy atom. The van der Waals surface area contributed by atoms with Crippen molar-refractivity contribution < 1.29 is 9.13 Å². The Morgan fingerprint density at radius 2 is 1.88 bits per heavy atom. The minimum atomic E-state index is -0.401. The maximum Gasteiger partial charge on any atom is 0.149 e. The summed E-state index contributed by atoms with van der Waals surface area (Å²) in [6.07, 6.45) is 5.01. The third kappa shape index (κ3) is 4.14. The van der Waals surface area contributed by atoms with Crippen LogP contribution in [0.15, 0.2) is 48.8 Å². The van der Waals surface area contributed by atoms with Gasteiger partial charge in [-0.15, -0.1) is 0 Å². The molecule has 26 heavy (non-hydrogen) atoms. The Morgan fingerprint density at radius 3 is 2.65 bits per heavy atom. The van der Waals surface area contributed by atoms with E-state index in [4.69, 9.17) is 4.74 Å². The number of rotatable bonds is 6. The predicted octanol–water partition coefficient (Wildman–Crippen LogP) is 5.21. The average molecular weight is 369 g/mol. The molecule has 0 saturated heterocycles. The highest BCUT2D eigenvalue weighted by molar-refractivity contribution is 7.97. The number of thioether (sulfide) groups is 1. The molecule has 0 bridgehead atoms. The lowest BCUT2D eigenvalue weighted by Gasteiger charge is -2.12. The third-order valence-corrected chi connectivity index (χ3v) is 4.52. The molecule has 0 spiro atoms. The zero-order chi connectivity index (χ0) is 18.5. The van der Waals surface area contributed by atoms with E-state index in [1.54, 1.807) is 31.1 Å². The van der Waals surface area contributed by atoms with Crippen LogP contribution in [0.25, 0.3) is 11.1 Å². The van der Waals surface area contributed by atoms with E-state index in [1.807, 2.05) is 37.3 Å². The largest absolute Gasteiger partial charge is 0.496 e. The molecule has 0 aliphatic carbocycles. The van der Waals surface area contributed by atoms with Crippen molar-refractivity contribution in [2.24, 2.45) is 0 Å². The second-order valence-corrected chi connectivity index (χ2v) is 6.73. The Balaban J connectivity index is 1.95. The number of methoxy groups -OCH3 is 1. The fourth-order valence-electron chi connectivity index (χ4n) is 2.66. The highest BCUT2D eigenvalue weighted by Crippen LogP contribution is 2.33. The number of halogens is 1. The molecule has 0 atom stereocenters. The van der Waals surface area contributed by atoms with Gasteiger partial charge >= 0.3 is 0 Å². The van der Waals surface area contributed by atoms with E-state index >= 15 is 0 Å². The van der Waals surface area contributed by atoms with Gasteiger partial charge in [0.05, 0.1) is 13.3 Å². The van der Waals surface area contributed by atoms with Crippen LogP contribution in [0.3, 0.4) is 0 Å². The SMILES string of the molecule is COc1cc(C)ccc1-c1cc(Nc2cc(CSC)ccn2)ncc1F. The minimum absolute atomic E-state index is 0.401. The van der Waals surface area contributed by atoms with Gasteiger partial charge in [-0.05, 0) is 48.6 Å². The van der Waals surface area contributed by atoms with Crippen LogP contribution in [0.5, 0.6) is 5.75 Å². The highest BCUT2D eigenvalue weighted by atomic mass is 32.2. The number of ether oxygens (including phenoxy) is 1. The first kappa shape index (κ1) is 18.2. The van der Waals surface area contributed by atoms with E-state index in [2.05, 4.69) is 21.5 Å². The summed E-state index contributed by atoms with van der Waals surface area (Å²) < 4.78 is 19.8. The van der Waals surface area contributed by atoms with Crippen molar-refractivity contribution in [2.45, 2.75) is 12.7 Å². The third-order valence-electron chi connectivity index (χ3n) is 3.89. The summed E-state index contributed by atoms with van der Waals surface area (Å²) in [6, 6.07) is 11.3. The number of aromatic nitrogens is 2. The number of benzene rings is 1. The van der Waals surface area contributed by atoms with E-state index in [0.717, 1.165) is 16.9 Å². The van der Waals surface area contributed by atoms with Crippen molar-refractivity contribution in [3.8, 4) is 16.9 Å². The molecule has 0 unspecified atom stereocenters. The number of hydrogen-bond acceptors (Lipinski definition) is 5. The topological polar surface area (TPSA) is 47.0 Å². The van der Waals surface area contributed by atoms with Gasteiger partial charge in [0.25, 0.3) is 0 Å². The van der Waals surface area contributed by atoms with Gasteiger partial charge in [-0.25, -0.2) is 14.4 Å². The zero-order valence-corrected chi connectivity index (χ0v) is 15.7. The molecule has 3 rings (SSSR count). The Labute approximate surface area is 156 Å². The van der Waals surface area contributed by atoms with Gasteiger partial charge < -0.3 is 10.1 Å². The molecule has 6 heteroatoms. The molecule has 0 saturated carbocycles. The molecule has 0 fully saturated rings. The standard InChI is InChI=1S/C20H20FN3OS/c1-13-4-5-15(18(8-13)25-2)16-10-20(23-11-17(16)21)24-19-9-14(12-26-3)6-7-22-19/h4-11H,12H2,1-3H3,(H,22,23,24). The monoisotopic (exact) mass is 369 g/mol. The van der Waals surface area contributed by atoms with Crippen LogP contribution < -0.4 is 10.1 Å². The second-order valence-electron chi connectivity index (χ2n) is 5.86. The summed E-state index contributed by atoms with van der Waals surface area (Å²) in [7, 11) is 1.58. The number of aryl methyl sites for hydroxylation is 1. The summed E-state index contributed by atoms with van der Waals surface area (Å²) in [5.41, 5.74) is 3.33. The van der Waals surface area contributed by atoms with Crippen LogP contribution in [0.1, 0.15) is 11.1 Å². The molecule has 0 radical (unpaired) electrons. The lowest BCUT2D eigenvalue weighted by atomic mass is 10.0. The molecule has 2 aromatic heterocycles. The molecule has 4 nitrogen and oxygen atoms in total. The maximum absolute atomic E-state index is 14.4. The predicted molar refractivity (Wildman–Crippen MR) is 106 cm³/mol. The van der Waals surface area contributed by atoms with Crippen LogP contribution in [-0.4, -0.2) is 23.3 Å². The molecular formula is C20H20FN3OS. The fourth-order valence-corrected chi connectivity index (χ4v) is 3.18. The minimum Gasteiger partial charge on any atom is -0.496 e. The quantitative estimate of drug-likeness (QED) is 0.646. The molecule has 0 aliphatic rings.